The Bertz CT molecular complexity index is 714. The van der Waals surface area contributed by atoms with E-state index in [1.807, 2.05) is 9.80 Å². The second kappa shape index (κ2) is 16.2. The molecule has 214 valence electrons. The monoisotopic (exact) mass is 522 g/mol. The predicted octanol–water partition coefficient (Wildman–Crippen LogP) is 4.95. The Morgan fingerprint density at radius 3 is 1.89 bits per heavy atom. The fourth-order valence-corrected chi connectivity index (χ4v) is 5.33. The minimum atomic E-state index is -0.181. The van der Waals surface area contributed by atoms with Gasteiger partial charge >= 0.3 is 12.2 Å². The summed E-state index contributed by atoms with van der Waals surface area (Å²) in [6.07, 6.45) is 9.21. The number of hydrogen-bond acceptors (Lipinski definition) is 6. The van der Waals surface area contributed by atoms with Crippen molar-refractivity contribution in [2.45, 2.75) is 78.9 Å². The Hall–Kier alpha value is -1.80. The molecule has 0 aliphatic carbocycles. The van der Waals surface area contributed by atoms with Crippen LogP contribution >= 0.6 is 0 Å². The van der Waals surface area contributed by atoms with E-state index in [9.17, 15) is 9.59 Å². The summed E-state index contributed by atoms with van der Waals surface area (Å²) < 4.78 is 11.1. The Balaban J connectivity index is 1.55. The van der Waals surface area contributed by atoms with E-state index >= 15 is 0 Å². The Kier molecular flexibility index (Phi) is 13.8. The van der Waals surface area contributed by atoms with Gasteiger partial charge in [-0.15, -0.1) is 0 Å². The summed E-state index contributed by atoms with van der Waals surface area (Å²) in [6.45, 7) is 17.6. The molecule has 3 atom stereocenters. The summed E-state index contributed by atoms with van der Waals surface area (Å²) in [5, 5.41) is 0. The van der Waals surface area contributed by atoms with Gasteiger partial charge in [0.1, 0.15) is 12.2 Å². The molecular formula is C29H54N4O4. The Morgan fingerprint density at radius 2 is 1.32 bits per heavy atom. The first-order valence-electron chi connectivity index (χ1n) is 14.5. The van der Waals surface area contributed by atoms with Crippen LogP contribution < -0.4 is 0 Å². The van der Waals surface area contributed by atoms with Gasteiger partial charge in [-0.2, -0.15) is 0 Å². The maximum absolute atomic E-state index is 12.2. The summed E-state index contributed by atoms with van der Waals surface area (Å²) in [5.74, 6) is 1.83. The van der Waals surface area contributed by atoms with Crippen molar-refractivity contribution in [1.82, 2.24) is 19.6 Å². The van der Waals surface area contributed by atoms with Crippen LogP contribution in [0.1, 0.15) is 66.7 Å². The zero-order valence-electron chi connectivity index (χ0n) is 24.7. The highest BCUT2D eigenvalue weighted by Crippen LogP contribution is 2.17. The molecule has 0 saturated carbocycles. The maximum Gasteiger partial charge on any atom is 0.410 e. The number of hydrogen-bond donors (Lipinski definition) is 0. The number of rotatable bonds is 18. The average Bonchev–Trinajstić information content (AvgIpc) is 3.30. The molecule has 2 amide bonds. The zero-order chi connectivity index (χ0) is 27.4. The molecule has 8 heteroatoms. The highest BCUT2D eigenvalue weighted by Gasteiger charge is 2.32. The quantitative estimate of drug-likeness (QED) is 0.238. The van der Waals surface area contributed by atoms with Gasteiger partial charge in [0.05, 0.1) is 13.1 Å². The second-order valence-electron chi connectivity index (χ2n) is 12.2. The number of allylic oxidation sites excluding steroid dienone is 1. The molecule has 0 aromatic heterocycles. The largest absolute Gasteiger partial charge is 0.443 e. The van der Waals surface area contributed by atoms with Gasteiger partial charge in [-0.1, -0.05) is 46.8 Å². The third-order valence-electron chi connectivity index (χ3n) is 7.00. The molecule has 2 aliphatic heterocycles. The SMILES string of the molecule is CC(C)CCCN1C[C@H](CN(C)CC(C)CC/C=C/CCN2C[C@@H](CN(C)CC(C)C)OC2=O)OC1=O. The van der Waals surface area contributed by atoms with Gasteiger partial charge in [0.2, 0.25) is 0 Å². The molecule has 2 rings (SSSR count). The van der Waals surface area contributed by atoms with Gasteiger partial charge in [-0.05, 0) is 64.0 Å². The first-order valence-corrected chi connectivity index (χ1v) is 14.5. The van der Waals surface area contributed by atoms with E-state index in [-0.39, 0.29) is 24.4 Å². The molecule has 0 aromatic rings. The average molecular weight is 523 g/mol. The van der Waals surface area contributed by atoms with Crippen molar-refractivity contribution in [1.29, 1.82) is 0 Å². The lowest BCUT2D eigenvalue weighted by molar-refractivity contribution is 0.109. The third kappa shape index (κ3) is 12.5. The van der Waals surface area contributed by atoms with E-state index in [1.54, 1.807) is 0 Å². The maximum atomic E-state index is 12.2. The van der Waals surface area contributed by atoms with Crippen LogP contribution in [-0.2, 0) is 9.47 Å². The van der Waals surface area contributed by atoms with Crippen LogP contribution in [0.2, 0.25) is 0 Å². The summed E-state index contributed by atoms with van der Waals surface area (Å²) in [4.78, 5) is 32.5. The summed E-state index contributed by atoms with van der Waals surface area (Å²) in [7, 11) is 4.20. The topological polar surface area (TPSA) is 65.6 Å². The van der Waals surface area contributed by atoms with E-state index in [2.05, 4.69) is 70.7 Å². The molecule has 2 aliphatic rings. The van der Waals surface area contributed by atoms with Gasteiger partial charge in [-0.3, -0.25) is 0 Å². The Morgan fingerprint density at radius 1 is 0.784 bits per heavy atom. The molecular weight excluding hydrogens is 468 g/mol. The minimum Gasteiger partial charge on any atom is -0.443 e. The predicted molar refractivity (Wildman–Crippen MR) is 150 cm³/mol. The van der Waals surface area contributed by atoms with E-state index in [4.69, 9.17) is 9.47 Å². The normalized spacial score (nSPS) is 21.4. The van der Waals surface area contributed by atoms with Crippen LogP contribution in [0, 0.1) is 17.8 Å². The number of cyclic esters (lactones) is 2. The molecule has 2 heterocycles. The Labute approximate surface area is 226 Å². The highest BCUT2D eigenvalue weighted by molar-refractivity contribution is 5.70. The molecule has 1 unspecified atom stereocenters. The van der Waals surface area contributed by atoms with Crippen LogP contribution in [0.3, 0.4) is 0 Å². The van der Waals surface area contributed by atoms with E-state index < -0.39 is 0 Å². The van der Waals surface area contributed by atoms with Crippen molar-refractivity contribution in [3.05, 3.63) is 12.2 Å². The number of likely N-dealkylation sites (N-methyl/N-ethyl adjacent to an activating group) is 2. The molecule has 0 radical (unpaired) electrons. The van der Waals surface area contributed by atoms with Crippen molar-refractivity contribution in [3.63, 3.8) is 0 Å². The van der Waals surface area contributed by atoms with Crippen molar-refractivity contribution >= 4 is 12.2 Å². The highest BCUT2D eigenvalue weighted by atomic mass is 16.6. The first-order chi connectivity index (χ1) is 17.5. The molecule has 0 bridgehead atoms. The lowest BCUT2D eigenvalue weighted by atomic mass is 10.0. The van der Waals surface area contributed by atoms with Crippen LogP contribution in [0.5, 0.6) is 0 Å². The standard InChI is InChI=1S/C29H54N4O4/c1-23(2)13-12-16-33-22-27(37-29(33)35)20-31(7)18-25(5)14-10-8-9-11-15-32-21-26(36-28(32)34)19-30(6)17-24(3)4/h8-9,23-27H,10-22H2,1-7H3/b9-8+/t25?,26-,27+/m1/s1. The molecule has 2 fully saturated rings. The van der Waals surface area contributed by atoms with Crippen LogP contribution in [0.15, 0.2) is 12.2 Å². The third-order valence-corrected chi connectivity index (χ3v) is 7.00. The van der Waals surface area contributed by atoms with Gasteiger partial charge < -0.3 is 29.1 Å². The molecule has 0 N–H and O–H groups in total. The molecule has 37 heavy (non-hydrogen) atoms. The van der Waals surface area contributed by atoms with Crippen molar-refractivity contribution in [2.24, 2.45) is 17.8 Å². The van der Waals surface area contributed by atoms with Crippen LogP contribution in [0.4, 0.5) is 9.59 Å². The van der Waals surface area contributed by atoms with E-state index in [0.29, 0.717) is 37.4 Å². The fourth-order valence-electron chi connectivity index (χ4n) is 5.33. The smallest absolute Gasteiger partial charge is 0.410 e. The fraction of sp³-hybridized carbons (Fsp3) is 0.862. The summed E-state index contributed by atoms with van der Waals surface area (Å²) in [6, 6.07) is 0. The summed E-state index contributed by atoms with van der Waals surface area (Å²) >= 11 is 0. The van der Waals surface area contributed by atoms with Crippen molar-refractivity contribution in [3.8, 4) is 0 Å². The lowest BCUT2D eigenvalue weighted by Crippen LogP contribution is -2.35. The first kappa shape index (κ1) is 31.4. The number of ether oxygens (including phenoxy) is 2. The number of carbonyl (C=O) groups is 2. The second-order valence-corrected chi connectivity index (χ2v) is 12.2. The molecule has 0 aromatic carbocycles. The van der Waals surface area contributed by atoms with E-state index in [1.165, 1.54) is 0 Å². The number of carbonyl (C=O) groups excluding carboxylic acids is 2. The molecule has 0 spiro atoms. The van der Waals surface area contributed by atoms with Gasteiger partial charge in [0.15, 0.2) is 0 Å². The lowest BCUT2D eigenvalue weighted by Gasteiger charge is -2.23. The van der Waals surface area contributed by atoms with Crippen LogP contribution in [-0.4, -0.2) is 110 Å². The molecule has 2 saturated heterocycles. The van der Waals surface area contributed by atoms with Gasteiger partial charge in [0, 0.05) is 39.3 Å². The number of nitrogens with zero attached hydrogens (tertiary/aromatic N) is 4. The van der Waals surface area contributed by atoms with Crippen LogP contribution in [0.25, 0.3) is 0 Å². The summed E-state index contributed by atoms with van der Waals surface area (Å²) in [5.41, 5.74) is 0. The van der Waals surface area contributed by atoms with Crippen molar-refractivity contribution < 1.29 is 19.1 Å². The molecule has 8 nitrogen and oxygen atoms in total. The van der Waals surface area contributed by atoms with Crippen molar-refractivity contribution in [2.75, 3.05) is 66.5 Å². The zero-order valence-corrected chi connectivity index (χ0v) is 24.7. The number of amides is 2. The van der Waals surface area contributed by atoms with E-state index in [0.717, 1.165) is 64.8 Å². The van der Waals surface area contributed by atoms with Gasteiger partial charge in [-0.25, -0.2) is 9.59 Å². The van der Waals surface area contributed by atoms with Gasteiger partial charge in [0.25, 0.3) is 0 Å². The minimum absolute atomic E-state index is 0.0289.